The molecule has 1 aliphatic carbocycles. The highest BCUT2D eigenvalue weighted by molar-refractivity contribution is 5.44. The molecule has 0 aliphatic heterocycles. The van der Waals surface area contributed by atoms with Crippen molar-refractivity contribution in [3.05, 3.63) is 24.2 Å². The van der Waals surface area contributed by atoms with Crippen LogP contribution in [0.25, 0.3) is 5.65 Å². The first-order valence-corrected chi connectivity index (χ1v) is 6.68. The minimum Gasteiger partial charge on any atom is -0.435 e. The van der Waals surface area contributed by atoms with E-state index in [0.717, 1.165) is 31.5 Å². The first kappa shape index (κ1) is 13.2. The molecule has 0 unspecified atom stereocenters. The number of nitrogens with two attached hydrogens (primary N) is 1. The second kappa shape index (κ2) is 5.32. The van der Waals surface area contributed by atoms with Crippen molar-refractivity contribution in [2.24, 2.45) is 5.73 Å². The van der Waals surface area contributed by atoms with E-state index in [4.69, 9.17) is 5.73 Å². The highest BCUT2D eigenvalue weighted by Crippen LogP contribution is 2.31. The first-order valence-electron chi connectivity index (χ1n) is 6.68. The van der Waals surface area contributed by atoms with E-state index in [-0.39, 0.29) is 17.7 Å². The molecule has 2 aromatic heterocycles. The molecule has 0 aromatic carbocycles. The van der Waals surface area contributed by atoms with E-state index in [1.807, 2.05) is 4.40 Å². The summed E-state index contributed by atoms with van der Waals surface area (Å²) in [6, 6.07) is 3.16. The summed E-state index contributed by atoms with van der Waals surface area (Å²) in [5.74, 6) is 1.21. The standard InChI is InChI=1S/C13H16F2N4O/c14-13(15)20-10-4-5-19-11(7-10)17-18-12(19)8-2-1-3-9(16)6-8/h4-5,7-9,13H,1-3,6,16H2/t8-,9+/m0/s1. The second-order valence-corrected chi connectivity index (χ2v) is 5.15. The summed E-state index contributed by atoms with van der Waals surface area (Å²) in [6.07, 6.45) is 5.70. The zero-order chi connectivity index (χ0) is 14.1. The SMILES string of the molecule is N[C@@H]1CCC[C@H](c2nnc3cc(OC(F)F)ccn23)C1. The number of nitrogens with zero attached hydrogens (tertiary/aromatic N) is 3. The lowest BCUT2D eigenvalue weighted by Gasteiger charge is -2.25. The zero-order valence-electron chi connectivity index (χ0n) is 10.9. The van der Waals surface area contributed by atoms with Gasteiger partial charge in [-0.2, -0.15) is 8.78 Å². The topological polar surface area (TPSA) is 65.4 Å². The predicted octanol–water partition coefficient (Wildman–Crippen LogP) is 2.32. The van der Waals surface area contributed by atoms with Gasteiger partial charge in [-0.05, 0) is 25.3 Å². The van der Waals surface area contributed by atoms with Gasteiger partial charge in [0.15, 0.2) is 5.65 Å². The van der Waals surface area contributed by atoms with Gasteiger partial charge in [0.2, 0.25) is 0 Å². The van der Waals surface area contributed by atoms with Gasteiger partial charge in [-0.1, -0.05) is 6.42 Å². The summed E-state index contributed by atoms with van der Waals surface area (Å²) >= 11 is 0. The quantitative estimate of drug-likeness (QED) is 0.938. The van der Waals surface area contributed by atoms with Gasteiger partial charge >= 0.3 is 6.61 Å². The number of rotatable bonds is 3. The number of hydrogen-bond donors (Lipinski definition) is 1. The number of ether oxygens (including phenoxy) is 1. The fraction of sp³-hybridized carbons (Fsp3) is 0.538. The Bertz CT molecular complexity index is 601. The molecular weight excluding hydrogens is 266 g/mol. The Morgan fingerprint density at radius 2 is 2.20 bits per heavy atom. The third-order valence-corrected chi connectivity index (χ3v) is 3.71. The molecule has 0 spiro atoms. The Morgan fingerprint density at radius 3 is 2.95 bits per heavy atom. The molecule has 3 rings (SSSR count). The van der Waals surface area contributed by atoms with Gasteiger partial charge in [0.1, 0.15) is 11.6 Å². The molecule has 0 saturated heterocycles. The van der Waals surface area contributed by atoms with Crippen LogP contribution in [0.1, 0.15) is 37.4 Å². The van der Waals surface area contributed by atoms with Crippen LogP contribution >= 0.6 is 0 Å². The molecule has 2 aromatic rings. The van der Waals surface area contributed by atoms with E-state index in [0.29, 0.717) is 5.65 Å². The molecule has 2 heterocycles. The molecule has 108 valence electrons. The summed E-state index contributed by atoms with van der Waals surface area (Å²) in [6.45, 7) is -2.84. The van der Waals surface area contributed by atoms with Crippen LogP contribution in [0.3, 0.4) is 0 Å². The Morgan fingerprint density at radius 1 is 1.35 bits per heavy atom. The van der Waals surface area contributed by atoms with Gasteiger partial charge in [-0.15, -0.1) is 10.2 Å². The largest absolute Gasteiger partial charge is 0.435 e. The average molecular weight is 282 g/mol. The number of aromatic nitrogens is 3. The van der Waals surface area contributed by atoms with Crippen LogP contribution < -0.4 is 10.5 Å². The monoisotopic (exact) mass is 282 g/mol. The van der Waals surface area contributed by atoms with Crippen molar-refractivity contribution in [2.45, 2.75) is 44.3 Å². The van der Waals surface area contributed by atoms with Crippen LogP contribution in [0.4, 0.5) is 8.78 Å². The second-order valence-electron chi connectivity index (χ2n) is 5.15. The number of halogens is 2. The van der Waals surface area contributed by atoms with E-state index in [9.17, 15) is 8.78 Å². The van der Waals surface area contributed by atoms with E-state index in [1.54, 1.807) is 6.20 Å². The lowest BCUT2D eigenvalue weighted by molar-refractivity contribution is -0.0498. The van der Waals surface area contributed by atoms with Gasteiger partial charge in [-0.3, -0.25) is 4.40 Å². The zero-order valence-corrected chi connectivity index (χ0v) is 10.9. The fourth-order valence-corrected chi connectivity index (χ4v) is 2.81. The summed E-state index contributed by atoms with van der Waals surface area (Å²) in [7, 11) is 0. The van der Waals surface area contributed by atoms with Crippen molar-refractivity contribution in [2.75, 3.05) is 0 Å². The predicted molar refractivity (Wildman–Crippen MR) is 68.8 cm³/mol. The van der Waals surface area contributed by atoms with Crippen molar-refractivity contribution in [3.63, 3.8) is 0 Å². The Kier molecular flexibility index (Phi) is 3.52. The molecule has 2 atom stereocenters. The third-order valence-electron chi connectivity index (χ3n) is 3.71. The van der Waals surface area contributed by atoms with Crippen molar-refractivity contribution in [1.29, 1.82) is 0 Å². The molecule has 1 fully saturated rings. The number of fused-ring (bicyclic) bond motifs is 1. The van der Waals surface area contributed by atoms with Gasteiger partial charge in [0, 0.05) is 24.2 Å². The maximum absolute atomic E-state index is 12.2. The Balaban J connectivity index is 1.89. The van der Waals surface area contributed by atoms with Crippen LogP contribution in [0.5, 0.6) is 5.75 Å². The van der Waals surface area contributed by atoms with E-state index < -0.39 is 6.61 Å². The lowest BCUT2D eigenvalue weighted by atomic mass is 9.85. The number of pyridine rings is 1. The molecule has 5 nitrogen and oxygen atoms in total. The van der Waals surface area contributed by atoms with Gasteiger partial charge in [0.05, 0.1) is 0 Å². The molecule has 0 radical (unpaired) electrons. The van der Waals surface area contributed by atoms with Crippen molar-refractivity contribution in [1.82, 2.24) is 14.6 Å². The van der Waals surface area contributed by atoms with E-state index in [2.05, 4.69) is 14.9 Å². The highest BCUT2D eigenvalue weighted by Gasteiger charge is 2.24. The van der Waals surface area contributed by atoms with Crippen molar-refractivity contribution >= 4 is 5.65 Å². The van der Waals surface area contributed by atoms with Crippen LogP contribution in [-0.4, -0.2) is 27.3 Å². The van der Waals surface area contributed by atoms with E-state index in [1.165, 1.54) is 12.1 Å². The molecule has 7 heteroatoms. The summed E-state index contributed by atoms with van der Waals surface area (Å²) in [5.41, 5.74) is 6.50. The van der Waals surface area contributed by atoms with Crippen molar-refractivity contribution in [3.8, 4) is 5.75 Å². The third kappa shape index (κ3) is 2.58. The fourth-order valence-electron chi connectivity index (χ4n) is 2.81. The Hall–Kier alpha value is -1.76. The normalized spacial score (nSPS) is 23.4. The minimum absolute atomic E-state index is 0.0896. The van der Waals surface area contributed by atoms with Crippen LogP contribution in [0, 0.1) is 0 Å². The maximum Gasteiger partial charge on any atom is 0.387 e. The number of hydrogen-bond acceptors (Lipinski definition) is 4. The molecule has 0 amide bonds. The Labute approximate surface area is 114 Å². The van der Waals surface area contributed by atoms with Gasteiger partial charge in [-0.25, -0.2) is 0 Å². The molecule has 2 N–H and O–H groups in total. The molecule has 1 aliphatic rings. The van der Waals surface area contributed by atoms with E-state index >= 15 is 0 Å². The molecule has 20 heavy (non-hydrogen) atoms. The highest BCUT2D eigenvalue weighted by atomic mass is 19.3. The first-order chi connectivity index (χ1) is 9.63. The van der Waals surface area contributed by atoms with Crippen LogP contribution in [-0.2, 0) is 0 Å². The van der Waals surface area contributed by atoms with Crippen molar-refractivity contribution < 1.29 is 13.5 Å². The minimum atomic E-state index is -2.84. The van der Waals surface area contributed by atoms with Gasteiger partial charge < -0.3 is 10.5 Å². The summed E-state index contributed by atoms with van der Waals surface area (Å²) < 4.78 is 30.5. The maximum atomic E-state index is 12.2. The average Bonchev–Trinajstić information content (AvgIpc) is 2.81. The number of alkyl halides is 2. The smallest absolute Gasteiger partial charge is 0.387 e. The van der Waals surface area contributed by atoms with Crippen LogP contribution in [0.15, 0.2) is 18.3 Å². The summed E-state index contributed by atoms with van der Waals surface area (Å²) in [4.78, 5) is 0. The van der Waals surface area contributed by atoms with Gasteiger partial charge in [0.25, 0.3) is 0 Å². The lowest BCUT2D eigenvalue weighted by Crippen LogP contribution is -2.27. The van der Waals surface area contributed by atoms with Crippen LogP contribution in [0.2, 0.25) is 0 Å². The molecular formula is C13H16F2N4O. The summed E-state index contributed by atoms with van der Waals surface area (Å²) in [5, 5.41) is 8.22. The molecule has 0 bridgehead atoms. The molecule has 1 saturated carbocycles.